The molecule has 0 saturated carbocycles. The van der Waals surface area contributed by atoms with Crippen LogP contribution in [0, 0.1) is 12.8 Å². The van der Waals surface area contributed by atoms with Crippen molar-refractivity contribution in [2.75, 3.05) is 6.61 Å². The van der Waals surface area contributed by atoms with E-state index in [9.17, 15) is 13.2 Å². The molecule has 0 amide bonds. The van der Waals surface area contributed by atoms with Gasteiger partial charge < -0.3 is 9.53 Å². The summed E-state index contributed by atoms with van der Waals surface area (Å²) in [6.07, 6.45) is 1.31. The molecule has 5 nitrogen and oxygen atoms in total. The Hall–Kier alpha value is -0.733. The van der Waals surface area contributed by atoms with Crippen molar-refractivity contribution in [2.24, 2.45) is 5.92 Å². The third-order valence-electron chi connectivity index (χ3n) is 5.91. The van der Waals surface area contributed by atoms with E-state index in [1.807, 2.05) is 26.9 Å². The Morgan fingerprint density at radius 2 is 1.85 bits per heavy atom. The first-order chi connectivity index (χ1) is 12.3. The SMILES string of the molecule is Cc1ccc(S(=O)(=O)O[C@H]2C[C@@H](C)CO[C@@H]2CCC(C)(C)[Si](C)(C)O)cc1. The largest absolute Gasteiger partial charge is 0.432 e. The molecule has 7 heteroatoms. The highest BCUT2D eigenvalue weighted by atomic mass is 32.2. The van der Waals surface area contributed by atoms with Crippen LogP contribution in [0.1, 0.15) is 45.6 Å². The van der Waals surface area contributed by atoms with Gasteiger partial charge in [0.05, 0.1) is 11.0 Å². The van der Waals surface area contributed by atoms with Crippen molar-refractivity contribution in [3.8, 4) is 0 Å². The summed E-state index contributed by atoms with van der Waals surface area (Å²) in [5.41, 5.74) is 1.000. The lowest BCUT2D eigenvalue weighted by atomic mass is 9.93. The Bertz CT molecular complexity index is 722. The summed E-state index contributed by atoms with van der Waals surface area (Å²) in [6, 6.07) is 6.69. The predicted octanol–water partition coefficient (Wildman–Crippen LogP) is 4.25. The normalized spacial score (nSPS) is 24.8. The van der Waals surface area contributed by atoms with E-state index in [4.69, 9.17) is 8.92 Å². The number of rotatable bonds is 7. The molecule has 0 aliphatic carbocycles. The maximum absolute atomic E-state index is 12.7. The molecule has 1 aliphatic rings. The summed E-state index contributed by atoms with van der Waals surface area (Å²) in [5, 5.41) is -0.181. The fourth-order valence-electron chi connectivity index (χ4n) is 3.11. The highest BCUT2D eigenvalue weighted by Gasteiger charge is 2.40. The maximum atomic E-state index is 12.7. The molecule has 0 bridgehead atoms. The first-order valence-corrected chi connectivity index (χ1v) is 14.0. The van der Waals surface area contributed by atoms with Gasteiger partial charge in [0.2, 0.25) is 0 Å². The van der Waals surface area contributed by atoms with E-state index in [2.05, 4.69) is 13.8 Å². The number of hydrogen-bond donors (Lipinski definition) is 1. The van der Waals surface area contributed by atoms with Gasteiger partial charge in [-0.2, -0.15) is 8.42 Å². The molecule has 1 aromatic carbocycles. The molecule has 27 heavy (non-hydrogen) atoms. The standard InChI is InChI=1S/C20H34O5SSi/c1-15-7-9-17(10-8-15)26(21,22)25-19-13-16(2)14-24-18(19)11-12-20(3,4)27(5,6)23/h7-10,16,18-19,23H,11-14H2,1-6H3/t16-,18-,19+/m1/s1. The molecule has 154 valence electrons. The fraction of sp³-hybridized carbons (Fsp3) is 0.700. The van der Waals surface area contributed by atoms with Gasteiger partial charge in [-0.1, -0.05) is 38.5 Å². The zero-order valence-electron chi connectivity index (χ0n) is 17.4. The monoisotopic (exact) mass is 414 g/mol. The van der Waals surface area contributed by atoms with Crippen LogP contribution in [0.25, 0.3) is 0 Å². The van der Waals surface area contributed by atoms with Crippen LogP contribution in [0.5, 0.6) is 0 Å². The Kier molecular flexibility index (Phi) is 6.96. The molecular weight excluding hydrogens is 380 g/mol. The topological polar surface area (TPSA) is 72.8 Å². The van der Waals surface area contributed by atoms with Gasteiger partial charge >= 0.3 is 0 Å². The van der Waals surface area contributed by atoms with Crippen molar-refractivity contribution in [1.82, 2.24) is 0 Å². The minimum atomic E-state index is -3.84. The smallest absolute Gasteiger partial charge is 0.297 e. The molecule has 1 N–H and O–H groups in total. The van der Waals surface area contributed by atoms with E-state index in [1.165, 1.54) is 0 Å². The van der Waals surface area contributed by atoms with Crippen LogP contribution in [0.4, 0.5) is 0 Å². The van der Waals surface area contributed by atoms with Crippen LogP contribution in [-0.2, 0) is 19.0 Å². The Labute approximate surface area is 165 Å². The quantitative estimate of drug-likeness (QED) is 0.533. The fourth-order valence-corrected chi connectivity index (χ4v) is 4.98. The van der Waals surface area contributed by atoms with Crippen LogP contribution >= 0.6 is 0 Å². The Morgan fingerprint density at radius 3 is 2.41 bits per heavy atom. The first kappa shape index (κ1) is 22.6. The summed E-state index contributed by atoms with van der Waals surface area (Å²) in [7, 11) is -6.16. The van der Waals surface area contributed by atoms with Crippen LogP contribution in [0.15, 0.2) is 29.2 Å². The second-order valence-corrected chi connectivity index (χ2v) is 15.1. The molecule has 1 heterocycles. The van der Waals surface area contributed by atoms with Crippen molar-refractivity contribution >= 4 is 18.4 Å². The van der Waals surface area contributed by atoms with Gasteiger partial charge in [-0.3, -0.25) is 4.18 Å². The predicted molar refractivity (Wildman–Crippen MR) is 110 cm³/mol. The van der Waals surface area contributed by atoms with Gasteiger partial charge in [-0.25, -0.2) is 0 Å². The molecule has 0 radical (unpaired) electrons. The molecule has 0 aromatic heterocycles. The van der Waals surface area contributed by atoms with E-state index in [0.717, 1.165) is 12.0 Å². The van der Waals surface area contributed by atoms with Crippen molar-refractivity contribution in [3.05, 3.63) is 29.8 Å². The van der Waals surface area contributed by atoms with Gasteiger partial charge in [-0.15, -0.1) is 0 Å². The molecular formula is C20H34O5SSi. The summed E-state index contributed by atoms with van der Waals surface area (Å²) in [6.45, 7) is 12.6. The Morgan fingerprint density at radius 1 is 1.26 bits per heavy atom. The molecule has 1 saturated heterocycles. The Balaban J connectivity index is 2.12. The van der Waals surface area contributed by atoms with Gasteiger partial charge in [-0.05, 0) is 62.4 Å². The third-order valence-corrected chi connectivity index (χ3v) is 10.8. The molecule has 0 spiro atoms. The van der Waals surface area contributed by atoms with Crippen molar-refractivity contribution in [2.45, 2.75) is 82.2 Å². The highest BCUT2D eigenvalue weighted by Crippen LogP contribution is 2.41. The molecule has 1 fully saturated rings. The summed E-state index contributed by atoms with van der Waals surface area (Å²) in [4.78, 5) is 10.7. The lowest BCUT2D eigenvalue weighted by molar-refractivity contribution is -0.0867. The van der Waals surface area contributed by atoms with Crippen molar-refractivity contribution in [3.63, 3.8) is 0 Å². The average molecular weight is 415 g/mol. The number of benzene rings is 1. The maximum Gasteiger partial charge on any atom is 0.297 e. The molecule has 2 rings (SSSR count). The van der Waals surface area contributed by atoms with Gasteiger partial charge in [0.15, 0.2) is 8.32 Å². The summed E-state index contributed by atoms with van der Waals surface area (Å²) >= 11 is 0. The molecule has 1 aromatic rings. The zero-order valence-corrected chi connectivity index (χ0v) is 19.2. The molecule has 3 atom stereocenters. The molecule has 0 unspecified atom stereocenters. The number of hydrogen-bond acceptors (Lipinski definition) is 5. The first-order valence-electron chi connectivity index (χ1n) is 9.66. The van der Waals surface area contributed by atoms with Crippen molar-refractivity contribution in [1.29, 1.82) is 0 Å². The highest BCUT2D eigenvalue weighted by molar-refractivity contribution is 7.86. The van der Waals surface area contributed by atoms with Crippen LogP contribution in [0.3, 0.4) is 0 Å². The number of ether oxygens (including phenoxy) is 1. The van der Waals surface area contributed by atoms with Gasteiger partial charge in [0.1, 0.15) is 6.10 Å². The van der Waals surface area contributed by atoms with Crippen LogP contribution in [0.2, 0.25) is 18.1 Å². The zero-order chi connectivity index (χ0) is 20.5. The summed E-state index contributed by atoms with van der Waals surface area (Å²) < 4.78 is 37.0. The van der Waals surface area contributed by atoms with Gasteiger partial charge in [0.25, 0.3) is 10.1 Å². The number of aryl methyl sites for hydroxylation is 1. The average Bonchev–Trinajstić information content (AvgIpc) is 2.53. The van der Waals surface area contributed by atoms with Gasteiger partial charge in [0, 0.05) is 6.61 Å². The molecule has 1 aliphatic heterocycles. The van der Waals surface area contributed by atoms with E-state index >= 15 is 0 Å². The van der Waals surface area contributed by atoms with Crippen molar-refractivity contribution < 1.29 is 22.1 Å². The van der Waals surface area contributed by atoms with E-state index in [0.29, 0.717) is 19.4 Å². The second-order valence-electron chi connectivity index (χ2n) is 9.10. The lowest BCUT2D eigenvalue weighted by Crippen LogP contribution is -2.43. The minimum Gasteiger partial charge on any atom is -0.432 e. The van der Waals surface area contributed by atoms with E-state index in [-0.39, 0.29) is 22.0 Å². The summed E-state index contributed by atoms with van der Waals surface area (Å²) in [5.74, 6) is 0.246. The van der Waals surface area contributed by atoms with E-state index < -0.39 is 24.5 Å². The second kappa shape index (κ2) is 8.33. The third kappa shape index (κ3) is 5.87. The van der Waals surface area contributed by atoms with Crippen LogP contribution < -0.4 is 0 Å². The minimum absolute atomic E-state index is 0.175. The lowest BCUT2D eigenvalue weighted by Gasteiger charge is -2.39. The van der Waals surface area contributed by atoms with E-state index in [1.54, 1.807) is 24.3 Å². The van der Waals surface area contributed by atoms with Crippen LogP contribution in [-0.4, -0.2) is 40.3 Å².